The van der Waals surface area contributed by atoms with Gasteiger partial charge in [-0.25, -0.2) is 13.2 Å². The lowest BCUT2D eigenvalue weighted by Crippen LogP contribution is -2.16. The summed E-state index contributed by atoms with van der Waals surface area (Å²) in [7, 11) is 1.14. The molecular weight excluding hydrogens is 322 g/mol. The van der Waals surface area contributed by atoms with Crippen molar-refractivity contribution in [1.82, 2.24) is 0 Å². The number of rotatable bonds is 0. The van der Waals surface area contributed by atoms with Gasteiger partial charge in [0, 0.05) is 7.05 Å². The average Bonchev–Trinajstić information content (AvgIpc) is 2.23. The molecule has 0 unspecified atom stereocenters. The Morgan fingerprint density at radius 3 is 2.13 bits per heavy atom. The Hall–Kier alpha value is -1.17. The number of nitrogens with zero attached hydrogens (tertiary/aromatic N) is 3. The van der Waals surface area contributed by atoms with E-state index in [1.54, 1.807) is 0 Å². The zero-order chi connectivity index (χ0) is 11.6. The van der Waals surface area contributed by atoms with Crippen LogP contribution in [0.15, 0.2) is 31.0 Å². The summed E-state index contributed by atoms with van der Waals surface area (Å²) in [6.45, 7) is 0. The molecule has 0 saturated carbocycles. The second-order valence-electron chi connectivity index (χ2n) is 2.39. The van der Waals surface area contributed by atoms with Crippen molar-refractivity contribution in [2.45, 2.75) is 0 Å². The Balaban J connectivity index is 3.48. The van der Waals surface area contributed by atoms with Crippen LogP contribution in [0.25, 0.3) is 0 Å². The maximum Gasteiger partial charge on any atom is 0.206 e. The molecule has 0 bridgehead atoms. The van der Waals surface area contributed by atoms with E-state index >= 15 is 0 Å². The molecule has 0 saturated heterocycles. The van der Waals surface area contributed by atoms with Crippen LogP contribution in [0.1, 0.15) is 0 Å². The minimum Gasteiger partial charge on any atom is -0.283 e. The van der Waals surface area contributed by atoms with Crippen molar-refractivity contribution in [3.8, 4) is 6.19 Å². The number of hydrogen-bond donors (Lipinski definition) is 0. The summed E-state index contributed by atoms with van der Waals surface area (Å²) in [4.78, 5) is 6.28. The largest absolute Gasteiger partial charge is 0.283 e. The van der Waals surface area contributed by atoms with Crippen LogP contribution in [0.3, 0.4) is 0 Å². The highest BCUT2D eigenvalue weighted by atomic mass is 127. The van der Waals surface area contributed by atoms with E-state index in [0.29, 0.717) is 0 Å². The van der Waals surface area contributed by atoms with Gasteiger partial charge in [-0.15, -0.1) is 0 Å². The van der Waals surface area contributed by atoms with Gasteiger partial charge in [-0.2, -0.15) is 10.3 Å². The number of allylic oxidation sites excluding steroid dienone is 4. The van der Waals surface area contributed by atoms with Crippen LogP contribution >= 0.6 is 22.6 Å². The molecule has 15 heavy (non-hydrogen) atoms. The first-order valence-corrected chi connectivity index (χ1v) is 4.68. The molecule has 1 aliphatic carbocycles. The summed E-state index contributed by atoms with van der Waals surface area (Å²) in [6.07, 6.45) is 1.27. The minimum atomic E-state index is -1.44. The van der Waals surface area contributed by atoms with Gasteiger partial charge in [0.15, 0.2) is 17.5 Å². The molecular formula is C8H3F3IN3. The zero-order valence-electron chi connectivity index (χ0n) is 7.35. The molecule has 1 rings (SSSR count). The SMILES string of the molecule is CN=C1C(F)=C(F)C(=NC#N)C(I)=C1F. The predicted molar refractivity (Wildman–Crippen MR) is 57.8 cm³/mol. The molecule has 1 aliphatic rings. The molecule has 78 valence electrons. The standard InChI is InChI=1S/C8H3F3IN3/c1-14-7-3(9)4(10)8(15-2-13)6(12)5(7)11/h1H3. The fraction of sp³-hybridized carbons (Fsp3) is 0.125. The third kappa shape index (κ3) is 1.94. The lowest BCUT2D eigenvalue weighted by molar-refractivity contribution is 0.579. The van der Waals surface area contributed by atoms with E-state index in [1.807, 2.05) is 0 Å². The summed E-state index contributed by atoms with van der Waals surface area (Å²) >= 11 is 1.43. The van der Waals surface area contributed by atoms with Crippen molar-refractivity contribution in [1.29, 1.82) is 5.26 Å². The molecule has 0 atom stereocenters. The molecule has 0 aromatic rings. The maximum absolute atomic E-state index is 13.3. The number of halogens is 4. The van der Waals surface area contributed by atoms with E-state index in [0.717, 1.165) is 7.05 Å². The van der Waals surface area contributed by atoms with E-state index in [1.165, 1.54) is 28.8 Å². The second kappa shape index (κ2) is 4.57. The summed E-state index contributed by atoms with van der Waals surface area (Å²) in [5, 5.41) is 8.22. The Bertz CT molecular complexity index is 438. The first-order chi connectivity index (χ1) is 7.04. The Morgan fingerprint density at radius 1 is 1.13 bits per heavy atom. The predicted octanol–water partition coefficient (Wildman–Crippen LogP) is 2.76. The summed E-state index contributed by atoms with van der Waals surface area (Å²) < 4.78 is 39.5. The average molecular weight is 325 g/mol. The van der Waals surface area contributed by atoms with Crippen LogP contribution in [0, 0.1) is 11.5 Å². The van der Waals surface area contributed by atoms with Gasteiger partial charge in [0.25, 0.3) is 0 Å². The second-order valence-corrected chi connectivity index (χ2v) is 3.47. The highest BCUT2D eigenvalue weighted by Crippen LogP contribution is 2.32. The molecule has 0 amide bonds. The molecule has 0 radical (unpaired) electrons. The van der Waals surface area contributed by atoms with Crippen molar-refractivity contribution < 1.29 is 13.2 Å². The van der Waals surface area contributed by atoms with Crippen molar-refractivity contribution in [3.05, 3.63) is 21.1 Å². The van der Waals surface area contributed by atoms with E-state index in [2.05, 4.69) is 9.98 Å². The monoisotopic (exact) mass is 325 g/mol. The quantitative estimate of drug-likeness (QED) is 0.384. The Labute approximate surface area is 96.9 Å². The Kier molecular flexibility index (Phi) is 3.62. The van der Waals surface area contributed by atoms with Gasteiger partial charge < -0.3 is 0 Å². The first-order valence-electron chi connectivity index (χ1n) is 3.60. The zero-order valence-corrected chi connectivity index (χ0v) is 9.51. The van der Waals surface area contributed by atoms with Gasteiger partial charge in [-0.1, -0.05) is 0 Å². The summed E-state index contributed by atoms with van der Waals surface area (Å²) in [5.41, 5.74) is -1.34. The highest BCUT2D eigenvalue weighted by molar-refractivity contribution is 14.1. The third-order valence-corrected chi connectivity index (χ3v) is 2.59. The van der Waals surface area contributed by atoms with Gasteiger partial charge in [-0.05, 0) is 22.6 Å². The third-order valence-electron chi connectivity index (χ3n) is 1.60. The molecule has 0 aliphatic heterocycles. The fourth-order valence-electron chi connectivity index (χ4n) is 0.953. The Morgan fingerprint density at radius 2 is 1.67 bits per heavy atom. The van der Waals surface area contributed by atoms with E-state index in [-0.39, 0.29) is 3.58 Å². The van der Waals surface area contributed by atoms with Gasteiger partial charge in [0.2, 0.25) is 6.19 Å². The first kappa shape index (κ1) is 11.9. The van der Waals surface area contributed by atoms with Crippen molar-refractivity contribution >= 4 is 34.0 Å². The summed E-state index contributed by atoms with van der Waals surface area (Å²) in [5.74, 6) is -3.83. The van der Waals surface area contributed by atoms with Crippen LogP contribution in [0.2, 0.25) is 0 Å². The van der Waals surface area contributed by atoms with Crippen LogP contribution in [-0.4, -0.2) is 18.5 Å². The minimum absolute atomic E-state index is 0.270. The molecule has 0 heterocycles. The smallest absolute Gasteiger partial charge is 0.206 e. The molecule has 7 heteroatoms. The van der Waals surface area contributed by atoms with Crippen molar-refractivity contribution in [2.24, 2.45) is 9.98 Å². The number of aliphatic imine (C=N–C) groups is 2. The van der Waals surface area contributed by atoms with Crippen molar-refractivity contribution in [2.75, 3.05) is 7.05 Å². The fourth-order valence-corrected chi connectivity index (χ4v) is 1.57. The molecule has 0 fully saturated rings. The molecule has 0 spiro atoms. The number of hydrogen-bond acceptors (Lipinski definition) is 3. The lowest BCUT2D eigenvalue weighted by Gasteiger charge is -2.12. The van der Waals surface area contributed by atoms with Crippen molar-refractivity contribution in [3.63, 3.8) is 0 Å². The number of nitriles is 1. The maximum atomic E-state index is 13.3. The van der Waals surface area contributed by atoms with Gasteiger partial charge in [0.05, 0.1) is 3.58 Å². The lowest BCUT2D eigenvalue weighted by atomic mass is 10.1. The van der Waals surface area contributed by atoms with E-state index in [9.17, 15) is 13.2 Å². The van der Waals surface area contributed by atoms with E-state index in [4.69, 9.17) is 5.26 Å². The topological polar surface area (TPSA) is 48.5 Å². The van der Waals surface area contributed by atoms with Crippen LogP contribution in [0.5, 0.6) is 0 Å². The normalized spacial score (nSPS) is 22.7. The van der Waals surface area contributed by atoms with Gasteiger partial charge in [0.1, 0.15) is 11.4 Å². The van der Waals surface area contributed by atoms with Gasteiger partial charge in [-0.3, -0.25) is 4.99 Å². The van der Waals surface area contributed by atoms with Gasteiger partial charge >= 0.3 is 0 Å². The molecule has 0 aromatic heterocycles. The summed E-state index contributed by atoms with van der Waals surface area (Å²) in [6, 6.07) is 0. The molecule has 0 N–H and O–H groups in total. The van der Waals surface area contributed by atoms with E-state index < -0.39 is 28.9 Å². The van der Waals surface area contributed by atoms with Crippen LogP contribution in [0.4, 0.5) is 13.2 Å². The van der Waals surface area contributed by atoms with Crippen LogP contribution in [-0.2, 0) is 0 Å². The molecule has 0 aromatic carbocycles. The highest BCUT2D eigenvalue weighted by Gasteiger charge is 2.31. The van der Waals surface area contributed by atoms with Crippen LogP contribution < -0.4 is 0 Å². The molecule has 3 nitrogen and oxygen atoms in total.